The summed E-state index contributed by atoms with van der Waals surface area (Å²) in [5.41, 5.74) is 1.45. The lowest BCUT2D eigenvalue weighted by Crippen LogP contribution is -3.20. The second kappa shape index (κ2) is 8.63. The zero-order valence-corrected chi connectivity index (χ0v) is 14.9. The van der Waals surface area contributed by atoms with Crippen LogP contribution in [0, 0.1) is 5.92 Å². The molecule has 0 atom stereocenters. The number of piperidine rings is 2. The van der Waals surface area contributed by atoms with Gasteiger partial charge in [-0.25, -0.2) is 0 Å². The Kier molecular flexibility index (Phi) is 6.27. The van der Waals surface area contributed by atoms with Gasteiger partial charge in [0.25, 0.3) is 0 Å². The molecule has 4 heteroatoms. The van der Waals surface area contributed by atoms with Gasteiger partial charge in [0.1, 0.15) is 6.54 Å². The Morgan fingerprint density at radius 2 is 1.71 bits per heavy atom. The van der Waals surface area contributed by atoms with Crippen LogP contribution in [0.15, 0.2) is 30.3 Å². The fraction of sp³-hybridized carbons (Fsp3) is 0.650. The highest BCUT2D eigenvalue weighted by atomic mass is 16.5. The number of hydrogen-bond donors (Lipinski definition) is 2. The normalized spacial score (nSPS) is 30.7. The van der Waals surface area contributed by atoms with Crippen LogP contribution in [-0.4, -0.2) is 44.8 Å². The number of rotatable bonds is 5. The van der Waals surface area contributed by atoms with Crippen molar-refractivity contribution in [3.05, 3.63) is 35.9 Å². The standard InChI is InChI=1S/C20H30N2O2/c1-2-24-20(23)18-8-14-22(15-9-18)19-10-12-21(13-11-19)16-17-6-4-3-5-7-17/h3-7,18-19H,2,8-16H2,1H3/p+2. The van der Waals surface area contributed by atoms with E-state index >= 15 is 0 Å². The molecule has 0 amide bonds. The number of quaternary nitrogens is 2. The molecule has 24 heavy (non-hydrogen) atoms. The van der Waals surface area contributed by atoms with Crippen molar-refractivity contribution in [2.45, 2.75) is 45.2 Å². The summed E-state index contributed by atoms with van der Waals surface area (Å²) in [5, 5.41) is 0. The van der Waals surface area contributed by atoms with Gasteiger partial charge in [-0.1, -0.05) is 30.3 Å². The van der Waals surface area contributed by atoms with Gasteiger partial charge in [0.05, 0.1) is 44.7 Å². The molecule has 0 spiro atoms. The third-order valence-corrected chi connectivity index (χ3v) is 5.81. The van der Waals surface area contributed by atoms with E-state index in [1.807, 2.05) is 6.92 Å². The second-order valence-corrected chi connectivity index (χ2v) is 7.37. The molecule has 2 heterocycles. The number of carbonyl (C=O) groups excluding carboxylic acids is 1. The molecule has 4 nitrogen and oxygen atoms in total. The highest BCUT2D eigenvalue weighted by Crippen LogP contribution is 2.12. The van der Waals surface area contributed by atoms with Crippen LogP contribution >= 0.6 is 0 Å². The molecule has 0 aliphatic carbocycles. The quantitative estimate of drug-likeness (QED) is 0.750. The molecule has 2 N–H and O–H groups in total. The Labute approximate surface area is 145 Å². The maximum atomic E-state index is 11.9. The Balaban J connectivity index is 1.40. The lowest BCUT2D eigenvalue weighted by Gasteiger charge is -2.37. The summed E-state index contributed by atoms with van der Waals surface area (Å²) in [5.74, 6) is 0.177. The minimum Gasteiger partial charge on any atom is -0.466 e. The van der Waals surface area contributed by atoms with E-state index in [4.69, 9.17) is 4.74 Å². The monoisotopic (exact) mass is 332 g/mol. The van der Waals surface area contributed by atoms with Gasteiger partial charge in [0, 0.05) is 31.2 Å². The molecule has 0 saturated carbocycles. The third kappa shape index (κ3) is 4.58. The van der Waals surface area contributed by atoms with Gasteiger partial charge in [-0.05, 0) is 6.92 Å². The first-order valence-electron chi connectivity index (χ1n) is 9.65. The lowest BCUT2D eigenvalue weighted by molar-refractivity contribution is -0.966. The largest absolute Gasteiger partial charge is 0.466 e. The number of carbonyl (C=O) groups is 1. The van der Waals surface area contributed by atoms with E-state index in [1.165, 1.54) is 31.5 Å². The van der Waals surface area contributed by atoms with E-state index in [0.717, 1.165) is 38.5 Å². The van der Waals surface area contributed by atoms with Gasteiger partial charge in [-0.2, -0.15) is 0 Å². The van der Waals surface area contributed by atoms with Gasteiger partial charge in [0.2, 0.25) is 0 Å². The number of nitrogens with one attached hydrogen (secondary N) is 2. The van der Waals surface area contributed by atoms with Crippen molar-refractivity contribution in [1.82, 2.24) is 0 Å². The van der Waals surface area contributed by atoms with Crippen molar-refractivity contribution in [2.75, 3.05) is 32.8 Å². The summed E-state index contributed by atoms with van der Waals surface area (Å²) in [6.07, 6.45) is 4.65. The zero-order valence-electron chi connectivity index (χ0n) is 14.9. The van der Waals surface area contributed by atoms with Crippen molar-refractivity contribution < 1.29 is 19.3 Å². The molecule has 0 bridgehead atoms. The highest BCUT2D eigenvalue weighted by molar-refractivity contribution is 5.72. The molecule has 2 fully saturated rings. The SMILES string of the molecule is CCOC(=O)C1CC[NH+](C2CC[NH+](Cc3ccccc3)CC2)CC1. The van der Waals surface area contributed by atoms with Gasteiger partial charge >= 0.3 is 5.97 Å². The Bertz CT molecular complexity index is 504. The number of ether oxygens (including phenoxy) is 1. The van der Waals surface area contributed by atoms with Crippen molar-refractivity contribution in [2.24, 2.45) is 5.92 Å². The van der Waals surface area contributed by atoms with Crippen LogP contribution in [0.5, 0.6) is 0 Å². The number of hydrogen-bond acceptors (Lipinski definition) is 2. The topological polar surface area (TPSA) is 35.2 Å². The molecule has 2 aliphatic heterocycles. The molecule has 1 aromatic carbocycles. The fourth-order valence-electron chi connectivity index (χ4n) is 4.39. The number of esters is 1. The predicted molar refractivity (Wildman–Crippen MR) is 93.9 cm³/mol. The van der Waals surface area contributed by atoms with Crippen LogP contribution in [0.3, 0.4) is 0 Å². The van der Waals surface area contributed by atoms with E-state index in [9.17, 15) is 4.79 Å². The lowest BCUT2D eigenvalue weighted by atomic mass is 9.93. The Hall–Kier alpha value is -1.39. The molecule has 0 unspecified atom stereocenters. The molecule has 0 radical (unpaired) electrons. The summed E-state index contributed by atoms with van der Waals surface area (Å²) in [6.45, 7) is 8.41. The summed E-state index contributed by atoms with van der Waals surface area (Å²) < 4.78 is 5.18. The van der Waals surface area contributed by atoms with E-state index in [0.29, 0.717) is 6.61 Å². The molecule has 2 aliphatic rings. The summed E-state index contributed by atoms with van der Waals surface area (Å²) in [7, 11) is 0. The maximum absolute atomic E-state index is 11.9. The number of likely N-dealkylation sites (tertiary alicyclic amines) is 2. The second-order valence-electron chi connectivity index (χ2n) is 7.37. The van der Waals surface area contributed by atoms with Crippen LogP contribution in [0.25, 0.3) is 0 Å². The third-order valence-electron chi connectivity index (χ3n) is 5.81. The van der Waals surface area contributed by atoms with Crippen LogP contribution in [0.4, 0.5) is 0 Å². The minimum atomic E-state index is 0.0266. The van der Waals surface area contributed by atoms with Crippen molar-refractivity contribution in [3.63, 3.8) is 0 Å². The molecular formula is C20H32N2O2+2. The first-order valence-corrected chi connectivity index (χ1v) is 9.65. The van der Waals surface area contributed by atoms with Gasteiger partial charge in [0.15, 0.2) is 0 Å². The average Bonchev–Trinajstić information content (AvgIpc) is 2.64. The smallest absolute Gasteiger partial charge is 0.309 e. The van der Waals surface area contributed by atoms with Crippen molar-refractivity contribution >= 4 is 5.97 Å². The van der Waals surface area contributed by atoms with E-state index in [1.54, 1.807) is 9.80 Å². The van der Waals surface area contributed by atoms with Crippen LogP contribution in [0.1, 0.15) is 38.2 Å². The molecule has 2 saturated heterocycles. The van der Waals surface area contributed by atoms with Crippen molar-refractivity contribution in [3.8, 4) is 0 Å². The highest BCUT2D eigenvalue weighted by Gasteiger charge is 2.35. The van der Waals surface area contributed by atoms with Crippen LogP contribution < -0.4 is 9.80 Å². The molecule has 0 aromatic heterocycles. The summed E-state index contributed by atoms with van der Waals surface area (Å²) >= 11 is 0. The molecular weight excluding hydrogens is 300 g/mol. The molecule has 3 rings (SSSR count). The molecule has 132 valence electrons. The Morgan fingerprint density at radius 1 is 1.04 bits per heavy atom. The van der Waals surface area contributed by atoms with E-state index in [2.05, 4.69) is 30.3 Å². The minimum absolute atomic E-state index is 0.0266. The average molecular weight is 332 g/mol. The van der Waals surface area contributed by atoms with Gasteiger partial charge < -0.3 is 14.5 Å². The first kappa shape index (κ1) is 17.4. The van der Waals surface area contributed by atoms with E-state index in [-0.39, 0.29) is 11.9 Å². The summed E-state index contributed by atoms with van der Waals surface area (Å²) in [6, 6.07) is 11.6. The van der Waals surface area contributed by atoms with Gasteiger partial charge in [-0.15, -0.1) is 0 Å². The molecule has 1 aromatic rings. The Morgan fingerprint density at radius 3 is 2.33 bits per heavy atom. The fourth-order valence-corrected chi connectivity index (χ4v) is 4.39. The zero-order chi connectivity index (χ0) is 16.8. The van der Waals surface area contributed by atoms with E-state index < -0.39 is 0 Å². The van der Waals surface area contributed by atoms with Gasteiger partial charge in [-0.3, -0.25) is 4.79 Å². The predicted octanol–water partition coefficient (Wildman–Crippen LogP) is 0.0919. The van der Waals surface area contributed by atoms with Crippen LogP contribution in [-0.2, 0) is 16.1 Å². The van der Waals surface area contributed by atoms with Crippen LogP contribution in [0.2, 0.25) is 0 Å². The number of benzene rings is 1. The first-order chi connectivity index (χ1) is 11.8. The van der Waals surface area contributed by atoms with Crippen molar-refractivity contribution in [1.29, 1.82) is 0 Å². The maximum Gasteiger partial charge on any atom is 0.309 e. The summed E-state index contributed by atoms with van der Waals surface area (Å²) in [4.78, 5) is 15.3.